The van der Waals surface area contributed by atoms with Crippen LogP contribution in [0, 0.1) is 20.8 Å². The van der Waals surface area contributed by atoms with Gasteiger partial charge in [-0.2, -0.15) is 8.61 Å². The molecule has 0 aromatic heterocycles. The summed E-state index contributed by atoms with van der Waals surface area (Å²) in [6, 6.07) is 35.4. The molecule has 3 saturated heterocycles. The molecule has 6 amide bonds. The second-order valence-electron chi connectivity index (χ2n) is 34.6. The number of likely N-dealkylation sites (tertiary alicyclic amines) is 1. The third-order valence-corrected chi connectivity index (χ3v) is 24.1. The second kappa shape index (κ2) is 47.6. The van der Waals surface area contributed by atoms with Crippen LogP contribution >= 0.6 is 0 Å². The van der Waals surface area contributed by atoms with Crippen LogP contribution in [0.5, 0.6) is 17.2 Å². The van der Waals surface area contributed by atoms with Gasteiger partial charge in [-0.05, 0) is 211 Å². The Labute approximate surface area is 751 Å². The zero-order valence-electron chi connectivity index (χ0n) is 76.3. The van der Waals surface area contributed by atoms with Crippen LogP contribution in [0.25, 0.3) is 0 Å². The zero-order chi connectivity index (χ0) is 94.6. The van der Waals surface area contributed by atoms with Crippen molar-refractivity contribution in [2.45, 2.75) is 231 Å². The summed E-state index contributed by atoms with van der Waals surface area (Å²) >= 11 is 0. The summed E-state index contributed by atoms with van der Waals surface area (Å²) < 4.78 is 98.5. The second-order valence-corrected chi connectivity index (χ2v) is 38.4. The minimum absolute atomic E-state index is 0.0471. The number of benzene rings is 6. The van der Waals surface area contributed by atoms with Gasteiger partial charge in [-0.1, -0.05) is 109 Å². The maximum Gasteiger partial charge on any atom is 0.415 e. The lowest BCUT2D eigenvalue weighted by atomic mass is 10.0. The van der Waals surface area contributed by atoms with Crippen LogP contribution < -0.4 is 30.2 Å². The van der Waals surface area contributed by atoms with Crippen molar-refractivity contribution < 1.29 is 113 Å². The maximum atomic E-state index is 13.5. The van der Waals surface area contributed by atoms with Crippen molar-refractivity contribution in [3.05, 3.63) is 185 Å². The fourth-order valence-corrected chi connectivity index (χ4v) is 16.8. The number of esters is 5. The summed E-state index contributed by atoms with van der Waals surface area (Å²) in [5.41, 5.74) is 3.85. The summed E-state index contributed by atoms with van der Waals surface area (Å²) in [5, 5.41) is 17.4. The number of ether oxygens (including phenoxy) is 8. The Morgan fingerprint density at radius 1 is 0.422 bits per heavy atom. The average molecular weight is 1820 g/mol. The van der Waals surface area contributed by atoms with Gasteiger partial charge < -0.3 is 73.7 Å². The predicted molar refractivity (Wildman–Crippen MR) is 475 cm³/mol. The molecule has 3 aliphatic rings. The number of carbonyl (C=O) groups excluding carboxylic acids is 11. The van der Waals surface area contributed by atoms with E-state index in [1.165, 1.54) is 74.2 Å². The number of aliphatic hydroxyl groups excluding tert-OH is 1. The van der Waals surface area contributed by atoms with E-state index in [0.717, 1.165) is 35.2 Å². The number of hydrogen-bond acceptors (Lipinski definition) is 25. The zero-order valence-corrected chi connectivity index (χ0v) is 77.9. The van der Waals surface area contributed by atoms with Crippen LogP contribution in [-0.4, -0.2) is 249 Å². The van der Waals surface area contributed by atoms with Gasteiger partial charge in [0.05, 0.1) is 35.5 Å². The Kier molecular flexibility index (Phi) is 38.6. The molecule has 0 saturated carbocycles. The molecule has 0 radical (unpaired) electrons. The highest BCUT2D eigenvalue weighted by Crippen LogP contribution is 2.31. The van der Waals surface area contributed by atoms with Crippen LogP contribution in [0.3, 0.4) is 0 Å². The fraction of sp³-hybridized carbons (Fsp3) is 0.495. The third kappa shape index (κ3) is 33.4. The first-order valence-electron chi connectivity index (χ1n) is 42.6. The molecular weight excluding hydrogens is 1690 g/mol. The standard InChI is InChI=1S/C32H43N3O9S.C32H43N3O7.C29H39N3O8S/c1-7-28(36)42-20-19-34(6)31(39)43-24-14-12-23(13-15-24)21-26(30(38)44-32(3,4)5)33-29(37)27-9-8-18-35(27)45(40,41)25-16-10-22(2)11-17-25;1-22-9-11-25(12-10-22)21-35-17-7-8-28(35)29(37)33-27(30(38)42-32(3,4)5)20-24-13-15-26(16-14-24)41-31(39)34(6)18-19-40-23(2)36;1-20-8-14-23(15-9-20)41(37,38)32-16-6-7-25(32)26(34)30-24(27(35)40-29(2,3)4)19-21-10-12-22(13-11-21)39-28(36)31(5)17-18-33/h10-17,26-27H,7-9,18-21H2,1-6H3,(H,33,37);9-16,27-28H,7-8,17-21H2,1-6H3,(H,33,37);8-15,24-25,33H,6-7,16-19H2,1-5H3,(H,30,34)/t26-,27-;27-,28-;24-,25-/m000/s1. The highest BCUT2D eigenvalue weighted by Gasteiger charge is 2.44. The predicted octanol–water partition coefficient (Wildman–Crippen LogP) is 10.3. The number of likely N-dealkylation sites (N-methyl/N-ethyl adjacent to an activating group) is 3. The number of rotatable bonds is 33. The Balaban J connectivity index is 0.000000263. The smallest absolute Gasteiger partial charge is 0.415 e. The summed E-state index contributed by atoms with van der Waals surface area (Å²) in [6.45, 7) is 26.6. The van der Waals surface area contributed by atoms with Gasteiger partial charge in [0.1, 0.15) is 77.5 Å². The lowest BCUT2D eigenvalue weighted by Crippen LogP contribution is -2.52. The van der Waals surface area contributed by atoms with E-state index >= 15 is 0 Å². The van der Waals surface area contributed by atoms with Crippen LogP contribution in [0.1, 0.15) is 160 Å². The molecule has 0 aliphatic carbocycles. The number of amides is 6. The first-order valence-corrected chi connectivity index (χ1v) is 45.5. The molecule has 0 unspecified atom stereocenters. The largest absolute Gasteiger partial charge is 0.464 e. The van der Waals surface area contributed by atoms with Gasteiger partial charge in [0, 0.05) is 79.9 Å². The highest BCUT2D eigenvalue weighted by molar-refractivity contribution is 7.89. The quantitative estimate of drug-likeness (QED) is 0.0220. The van der Waals surface area contributed by atoms with E-state index in [1.807, 2.05) is 20.8 Å². The third-order valence-electron chi connectivity index (χ3n) is 20.2. The van der Waals surface area contributed by atoms with Gasteiger partial charge in [0.15, 0.2) is 0 Å². The van der Waals surface area contributed by atoms with E-state index < -0.39 is 121 Å². The number of aliphatic hydroxyl groups is 1. The molecule has 9 rings (SSSR count). The van der Waals surface area contributed by atoms with E-state index in [2.05, 4.69) is 45.1 Å². The van der Waals surface area contributed by atoms with Crippen molar-refractivity contribution in [1.82, 2.24) is 44.2 Å². The molecule has 6 aromatic rings. The van der Waals surface area contributed by atoms with Crippen LogP contribution in [0.4, 0.5) is 14.4 Å². The van der Waals surface area contributed by atoms with Gasteiger partial charge in [0.2, 0.25) is 37.8 Å². The minimum Gasteiger partial charge on any atom is -0.464 e. The van der Waals surface area contributed by atoms with Gasteiger partial charge in [0.25, 0.3) is 0 Å². The van der Waals surface area contributed by atoms with Crippen molar-refractivity contribution in [3.8, 4) is 17.2 Å². The van der Waals surface area contributed by atoms with Gasteiger partial charge in [-0.3, -0.25) is 28.9 Å². The van der Waals surface area contributed by atoms with Crippen molar-refractivity contribution in [2.24, 2.45) is 0 Å². The van der Waals surface area contributed by atoms with E-state index in [1.54, 1.807) is 173 Å². The SMILES string of the molecule is CC(=O)OCCN(C)C(=O)Oc1ccc(C[C@H](NC(=O)[C@@H]2CCCN2Cc2ccc(C)cc2)C(=O)OC(C)(C)C)cc1.CCC(=O)OCCN(C)C(=O)Oc1ccc(C[C@H](NC(=O)[C@@H]2CCCN2S(=O)(=O)c2ccc(C)cc2)C(=O)OC(C)(C)C)cc1.Cc1ccc(S(=O)(=O)N2CCC[C@H]2C(=O)N[C@@H](Cc2ccc(OC(=O)N(C)CCO)cc2)C(=O)OC(C)(C)C)cc1. The number of nitrogens with zero attached hydrogens (tertiary/aromatic N) is 6. The van der Waals surface area contributed by atoms with Gasteiger partial charge in [-0.25, -0.2) is 45.6 Å². The Morgan fingerprint density at radius 2 is 0.719 bits per heavy atom. The van der Waals surface area contributed by atoms with E-state index in [4.69, 9.17) is 43.0 Å². The van der Waals surface area contributed by atoms with E-state index in [0.29, 0.717) is 55.5 Å². The Morgan fingerprint density at radius 3 is 1.04 bits per heavy atom. The van der Waals surface area contributed by atoms with Crippen LogP contribution in [0.15, 0.2) is 155 Å². The molecule has 35 heteroatoms. The van der Waals surface area contributed by atoms with Crippen LogP contribution in [0.2, 0.25) is 0 Å². The summed E-state index contributed by atoms with van der Waals surface area (Å²) in [5.74, 6) is -3.13. The molecule has 6 atom stereocenters. The fourth-order valence-electron chi connectivity index (χ4n) is 13.5. The van der Waals surface area contributed by atoms with Crippen molar-refractivity contribution >= 4 is 85.9 Å². The van der Waals surface area contributed by atoms with Gasteiger partial charge in [-0.15, -0.1) is 0 Å². The highest BCUT2D eigenvalue weighted by atomic mass is 32.2. The number of hydrogen-bond donors (Lipinski definition) is 4. The van der Waals surface area contributed by atoms with Gasteiger partial charge >= 0.3 is 48.1 Å². The van der Waals surface area contributed by atoms with Crippen molar-refractivity contribution in [3.63, 3.8) is 0 Å². The maximum absolute atomic E-state index is 13.5. The van der Waals surface area contributed by atoms with E-state index in [9.17, 15) is 69.6 Å². The number of carbonyl (C=O) groups is 11. The Bertz CT molecular complexity index is 4980. The lowest BCUT2D eigenvalue weighted by Gasteiger charge is -2.28. The normalized spacial score (nSPS) is 16.2. The molecule has 4 N–H and O–H groups in total. The Hall–Kier alpha value is -11.4. The molecular formula is C93H125N9O24S2. The number of aryl methyl sites for hydroxylation is 3. The first-order chi connectivity index (χ1) is 60.1. The molecule has 33 nitrogen and oxygen atoms in total. The first kappa shape index (κ1) is 104. The molecule has 6 aromatic carbocycles. The summed E-state index contributed by atoms with van der Waals surface area (Å²) in [7, 11) is -3.30. The monoisotopic (exact) mass is 1820 g/mol. The average Bonchev–Trinajstić information content (AvgIpc) is 1.58. The molecule has 0 spiro atoms. The molecule has 3 heterocycles. The van der Waals surface area contributed by atoms with Crippen LogP contribution in [-0.2, 0) is 108 Å². The van der Waals surface area contributed by atoms with E-state index in [-0.39, 0.29) is 117 Å². The molecule has 3 aliphatic heterocycles. The number of sulfonamides is 2. The molecule has 0 bridgehead atoms. The summed E-state index contributed by atoms with van der Waals surface area (Å²) in [4.78, 5) is 145. The number of nitrogens with one attached hydrogen (secondary N) is 3. The molecule has 128 heavy (non-hydrogen) atoms. The topological polar surface area (TPSA) is 406 Å². The summed E-state index contributed by atoms with van der Waals surface area (Å²) in [6.07, 6.45) is 1.96. The lowest BCUT2D eigenvalue weighted by molar-refractivity contribution is -0.159. The van der Waals surface area contributed by atoms with Crippen molar-refractivity contribution in [2.75, 3.05) is 80.2 Å². The molecule has 698 valence electrons. The molecule has 3 fully saturated rings. The minimum atomic E-state index is -3.94. The van der Waals surface area contributed by atoms with Crippen molar-refractivity contribution in [1.29, 1.82) is 0 Å².